The van der Waals surface area contributed by atoms with Gasteiger partial charge in [0.25, 0.3) is 0 Å². The van der Waals surface area contributed by atoms with Gasteiger partial charge in [0.2, 0.25) is 0 Å². The predicted molar refractivity (Wildman–Crippen MR) is 65.1 cm³/mol. The van der Waals surface area contributed by atoms with Gasteiger partial charge in [-0.05, 0) is 41.4 Å². The van der Waals surface area contributed by atoms with Crippen LogP contribution in [-0.4, -0.2) is 24.0 Å². The van der Waals surface area contributed by atoms with Crippen molar-refractivity contribution in [3.63, 3.8) is 0 Å². The van der Waals surface area contributed by atoms with Crippen molar-refractivity contribution in [2.24, 2.45) is 0 Å². The maximum absolute atomic E-state index is 5.89. The molecule has 14 heavy (non-hydrogen) atoms. The van der Waals surface area contributed by atoms with E-state index in [1.807, 2.05) is 26.1 Å². The van der Waals surface area contributed by atoms with Crippen molar-refractivity contribution in [2.45, 2.75) is 18.7 Å². The number of pyridine rings is 1. The van der Waals surface area contributed by atoms with Gasteiger partial charge in [0.1, 0.15) is 5.82 Å². The van der Waals surface area contributed by atoms with Crippen LogP contribution in [0.2, 0.25) is 0 Å². The first-order chi connectivity index (χ1) is 6.61. The highest BCUT2D eigenvalue weighted by Gasteiger charge is 2.07. The van der Waals surface area contributed by atoms with Crippen molar-refractivity contribution in [3.05, 3.63) is 22.8 Å². The highest BCUT2D eigenvalue weighted by molar-refractivity contribution is 9.10. The summed E-state index contributed by atoms with van der Waals surface area (Å²) in [5, 5.41) is 0.208. The average Bonchev–Trinajstić information content (AvgIpc) is 2.15. The van der Waals surface area contributed by atoms with E-state index in [9.17, 15) is 0 Å². The molecule has 1 rings (SSSR count). The number of nitrogens with zero attached hydrogens (tertiary/aromatic N) is 2. The maximum atomic E-state index is 5.89. The molecule has 0 aromatic carbocycles. The van der Waals surface area contributed by atoms with Gasteiger partial charge in [-0.25, -0.2) is 4.98 Å². The number of aromatic nitrogens is 1. The van der Waals surface area contributed by atoms with Crippen molar-refractivity contribution in [1.29, 1.82) is 0 Å². The van der Waals surface area contributed by atoms with Gasteiger partial charge in [-0.15, -0.1) is 11.6 Å². The second kappa shape index (κ2) is 5.56. The molecule has 1 heterocycles. The summed E-state index contributed by atoms with van der Waals surface area (Å²) in [7, 11) is 2.02. The first-order valence-electron chi connectivity index (χ1n) is 4.57. The third-order valence-corrected chi connectivity index (χ3v) is 2.80. The van der Waals surface area contributed by atoms with Crippen LogP contribution in [0.3, 0.4) is 0 Å². The Bertz CT molecular complexity index is 291. The Morgan fingerprint density at radius 1 is 1.64 bits per heavy atom. The minimum Gasteiger partial charge on any atom is -0.359 e. The number of hydrogen-bond donors (Lipinski definition) is 0. The molecule has 0 aliphatic carbocycles. The van der Waals surface area contributed by atoms with E-state index in [1.54, 1.807) is 6.20 Å². The average molecular weight is 278 g/mol. The normalized spacial score (nSPS) is 12.6. The van der Waals surface area contributed by atoms with E-state index < -0.39 is 0 Å². The summed E-state index contributed by atoms with van der Waals surface area (Å²) in [6, 6.07) is 3.90. The highest BCUT2D eigenvalue weighted by atomic mass is 79.9. The molecule has 1 unspecified atom stereocenters. The van der Waals surface area contributed by atoms with Crippen LogP contribution in [0.4, 0.5) is 5.82 Å². The minimum absolute atomic E-state index is 0.208. The second-order valence-corrected chi connectivity index (χ2v) is 4.90. The van der Waals surface area contributed by atoms with E-state index in [-0.39, 0.29) is 5.38 Å². The SMILES string of the molecule is CC(Cl)CCN(C)c1ncccc1Br. The smallest absolute Gasteiger partial charge is 0.142 e. The summed E-state index contributed by atoms with van der Waals surface area (Å²) in [6.07, 6.45) is 2.75. The zero-order valence-corrected chi connectivity index (χ0v) is 10.7. The quantitative estimate of drug-likeness (QED) is 0.785. The topological polar surface area (TPSA) is 16.1 Å². The van der Waals surface area contributed by atoms with Gasteiger partial charge < -0.3 is 4.90 Å². The van der Waals surface area contributed by atoms with Crippen LogP contribution in [0.25, 0.3) is 0 Å². The van der Waals surface area contributed by atoms with Crippen LogP contribution in [0, 0.1) is 0 Å². The molecular weight excluding hydrogens is 263 g/mol. The van der Waals surface area contributed by atoms with Gasteiger partial charge in [-0.3, -0.25) is 0 Å². The van der Waals surface area contributed by atoms with E-state index in [4.69, 9.17) is 11.6 Å². The molecule has 0 saturated carbocycles. The molecule has 2 nitrogen and oxygen atoms in total. The molecule has 0 fully saturated rings. The first kappa shape index (κ1) is 11.8. The molecule has 0 saturated heterocycles. The molecule has 0 radical (unpaired) electrons. The number of halogens is 2. The molecule has 4 heteroatoms. The zero-order chi connectivity index (χ0) is 10.6. The first-order valence-corrected chi connectivity index (χ1v) is 5.80. The summed E-state index contributed by atoms with van der Waals surface area (Å²) in [6.45, 7) is 2.92. The van der Waals surface area contributed by atoms with Crippen LogP contribution >= 0.6 is 27.5 Å². The van der Waals surface area contributed by atoms with Gasteiger partial charge in [-0.1, -0.05) is 0 Å². The molecule has 1 aromatic heterocycles. The third kappa shape index (κ3) is 3.46. The van der Waals surface area contributed by atoms with Gasteiger partial charge in [0.15, 0.2) is 0 Å². The van der Waals surface area contributed by atoms with Crippen molar-refractivity contribution in [2.75, 3.05) is 18.5 Å². The maximum Gasteiger partial charge on any atom is 0.142 e. The van der Waals surface area contributed by atoms with E-state index >= 15 is 0 Å². The van der Waals surface area contributed by atoms with Gasteiger partial charge in [-0.2, -0.15) is 0 Å². The minimum atomic E-state index is 0.208. The summed E-state index contributed by atoms with van der Waals surface area (Å²) in [4.78, 5) is 6.39. The second-order valence-electron chi connectivity index (χ2n) is 3.30. The zero-order valence-electron chi connectivity index (χ0n) is 8.37. The lowest BCUT2D eigenvalue weighted by atomic mass is 10.3. The summed E-state index contributed by atoms with van der Waals surface area (Å²) < 4.78 is 1.02. The Morgan fingerprint density at radius 3 is 2.93 bits per heavy atom. The molecule has 0 amide bonds. The summed E-state index contributed by atoms with van der Waals surface area (Å²) in [5.74, 6) is 0.963. The van der Waals surface area contributed by atoms with Crippen LogP contribution in [-0.2, 0) is 0 Å². The van der Waals surface area contributed by atoms with Crippen LogP contribution in [0.15, 0.2) is 22.8 Å². The molecule has 1 atom stereocenters. The monoisotopic (exact) mass is 276 g/mol. The molecule has 1 aromatic rings. The predicted octanol–water partition coefficient (Wildman–Crippen LogP) is 3.30. The van der Waals surface area contributed by atoms with Crippen molar-refractivity contribution < 1.29 is 0 Å². The number of hydrogen-bond acceptors (Lipinski definition) is 2. The largest absolute Gasteiger partial charge is 0.359 e. The van der Waals surface area contributed by atoms with Crippen LogP contribution in [0.1, 0.15) is 13.3 Å². The number of anilines is 1. The molecule has 0 bridgehead atoms. The van der Waals surface area contributed by atoms with E-state index in [2.05, 4.69) is 25.8 Å². The number of rotatable bonds is 4. The molecular formula is C10H14BrClN2. The van der Waals surface area contributed by atoms with E-state index in [0.29, 0.717) is 0 Å². The molecule has 78 valence electrons. The van der Waals surface area contributed by atoms with Gasteiger partial charge >= 0.3 is 0 Å². The van der Waals surface area contributed by atoms with Crippen molar-refractivity contribution >= 4 is 33.3 Å². The molecule has 0 N–H and O–H groups in total. The lowest BCUT2D eigenvalue weighted by Gasteiger charge is -2.19. The fourth-order valence-electron chi connectivity index (χ4n) is 1.14. The molecule has 0 aliphatic rings. The third-order valence-electron chi connectivity index (χ3n) is 1.96. The number of alkyl halides is 1. The Labute approximate surface area is 98.4 Å². The fourth-order valence-corrected chi connectivity index (χ4v) is 1.79. The molecule has 0 spiro atoms. The summed E-state index contributed by atoms with van der Waals surface area (Å²) in [5.41, 5.74) is 0. The van der Waals surface area contributed by atoms with E-state index in [1.165, 1.54) is 0 Å². The van der Waals surface area contributed by atoms with Crippen LogP contribution < -0.4 is 4.90 Å². The van der Waals surface area contributed by atoms with Crippen molar-refractivity contribution in [3.8, 4) is 0 Å². The standard InChI is InChI=1S/C10H14BrClN2/c1-8(12)5-7-14(2)10-9(11)4-3-6-13-10/h3-4,6,8H,5,7H2,1-2H3. The van der Waals surface area contributed by atoms with E-state index in [0.717, 1.165) is 23.3 Å². The Kier molecular flexibility index (Phi) is 4.69. The highest BCUT2D eigenvalue weighted by Crippen LogP contribution is 2.22. The Balaban J connectivity index is 2.60. The molecule has 0 aliphatic heterocycles. The Hall–Kier alpha value is -0.280. The Morgan fingerprint density at radius 2 is 2.36 bits per heavy atom. The fraction of sp³-hybridized carbons (Fsp3) is 0.500. The summed E-state index contributed by atoms with van der Waals surface area (Å²) >= 11 is 9.36. The lowest BCUT2D eigenvalue weighted by Crippen LogP contribution is -2.21. The van der Waals surface area contributed by atoms with Gasteiger partial charge in [0, 0.05) is 25.2 Å². The lowest BCUT2D eigenvalue weighted by molar-refractivity contribution is 0.764. The van der Waals surface area contributed by atoms with Crippen LogP contribution in [0.5, 0.6) is 0 Å². The van der Waals surface area contributed by atoms with Gasteiger partial charge in [0.05, 0.1) is 4.47 Å². The van der Waals surface area contributed by atoms with Crippen molar-refractivity contribution in [1.82, 2.24) is 4.98 Å².